The minimum Gasteiger partial charge on any atom is -0.483 e. The van der Waals surface area contributed by atoms with Crippen LogP contribution in [0.1, 0.15) is 16.7 Å². The van der Waals surface area contributed by atoms with Gasteiger partial charge in [-0.15, -0.1) is 0 Å². The summed E-state index contributed by atoms with van der Waals surface area (Å²) in [5.41, 5.74) is 1.96. The molecular weight excluding hydrogens is 369 g/mol. The van der Waals surface area contributed by atoms with E-state index >= 15 is 0 Å². The Bertz CT molecular complexity index is 844. The molecule has 4 nitrogen and oxygen atoms in total. The van der Waals surface area contributed by atoms with E-state index < -0.39 is 11.7 Å². The minimum absolute atomic E-state index is 0.0478. The van der Waals surface area contributed by atoms with Crippen LogP contribution in [0.15, 0.2) is 42.5 Å². The van der Waals surface area contributed by atoms with Gasteiger partial charge < -0.3 is 14.5 Å². The van der Waals surface area contributed by atoms with Crippen molar-refractivity contribution in [3.63, 3.8) is 0 Å². The van der Waals surface area contributed by atoms with Gasteiger partial charge in [0.2, 0.25) is 0 Å². The molecule has 0 atom stereocenters. The molecule has 150 valence electrons. The summed E-state index contributed by atoms with van der Waals surface area (Å²) < 4.78 is 44.4. The normalized spacial score (nSPS) is 14.9. The van der Waals surface area contributed by atoms with E-state index in [1.807, 2.05) is 36.9 Å². The molecule has 0 radical (unpaired) electrons. The second kappa shape index (κ2) is 8.12. The highest BCUT2D eigenvalue weighted by molar-refractivity contribution is 5.78. The number of benzene rings is 2. The lowest BCUT2D eigenvalue weighted by atomic mass is 10.1. The molecule has 0 unspecified atom stereocenters. The molecular formula is C21H23F3N2O2. The first-order chi connectivity index (χ1) is 13.3. The van der Waals surface area contributed by atoms with Crippen LogP contribution in [0.3, 0.4) is 0 Å². The van der Waals surface area contributed by atoms with Crippen LogP contribution in [0, 0.1) is 13.8 Å². The number of aryl methyl sites for hydroxylation is 1. The van der Waals surface area contributed by atoms with E-state index in [0.717, 1.165) is 23.3 Å². The number of hydrogen-bond acceptors (Lipinski definition) is 3. The van der Waals surface area contributed by atoms with E-state index in [1.54, 1.807) is 11.0 Å². The Morgan fingerprint density at radius 1 is 1.04 bits per heavy atom. The van der Waals surface area contributed by atoms with Gasteiger partial charge >= 0.3 is 6.18 Å². The highest BCUT2D eigenvalue weighted by atomic mass is 19.4. The quantitative estimate of drug-likeness (QED) is 0.787. The second-order valence-electron chi connectivity index (χ2n) is 6.90. The molecule has 1 aliphatic heterocycles. The van der Waals surface area contributed by atoms with E-state index in [0.29, 0.717) is 37.6 Å². The summed E-state index contributed by atoms with van der Waals surface area (Å²) >= 11 is 0. The van der Waals surface area contributed by atoms with Gasteiger partial charge in [-0.3, -0.25) is 4.79 Å². The number of ether oxygens (including phenoxy) is 1. The zero-order chi connectivity index (χ0) is 20.3. The topological polar surface area (TPSA) is 32.8 Å². The smallest absolute Gasteiger partial charge is 0.416 e. The summed E-state index contributed by atoms with van der Waals surface area (Å²) in [5.74, 6) is 0.570. The highest BCUT2D eigenvalue weighted by Crippen LogP contribution is 2.31. The number of anilines is 1. The molecule has 2 aromatic carbocycles. The van der Waals surface area contributed by atoms with Crippen LogP contribution in [0.5, 0.6) is 5.75 Å². The molecule has 28 heavy (non-hydrogen) atoms. The average molecular weight is 392 g/mol. The van der Waals surface area contributed by atoms with Crippen molar-refractivity contribution in [3.8, 4) is 5.75 Å². The number of halogens is 3. The molecule has 0 aliphatic carbocycles. The summed E-state index contributed by atoms with van der Waals surface area (Å²) in [6.45, 7) is 5.75. The summed E-state index contributed by atoms with van der Waals surface area (Å²) in [5, 5.41) is 0. The Morgan fingerprint density at radius 3 is 2.39 bits per heavy atom. The molecule has 3 rings (SSSR count). The van der Waals surface area contributed by atoms with Crippen LogP contribution in [0.25, 0.3) is 0 Å². The van der Waals surface area contributed by atoms with Crippen molar-refractivity contribution in [2.75, 3.05) is 37.7 Å². The molecule has 0 spiro atoms. The maximum absolute atomic E-state index is 12.9. The third-order valence-corrected chi connectivity index (χ3v) is 5.08. The molecule has 0 bridgehead atoms. The number of amides is 1. The van der Waals surface area contributed by atoms with E-state index in [-0.39, 0.29) is 12.5 Å². The number of carbonyl (C=O) groups excluding carboxylic acids is 1. The zero-order valence-electron chi connectivity index (χ0n) is 15.9. The first-order valence-corrected chi connectivity index (χ1v) is 9.14. The summed E-state index contributed by atoms with van der Waals surface area (Å²) in [7, 11) is 0. The van der Waals surface area contributed by atoms with Crippen molar-refractivity contribution in [1.29, 1.82) is 0 Å². The van der Waals surface area contributed by atoms with E-state index in [1.165, 1.54) is 6.07 Å². The predicted molar refractivity (Wildman–Crippen MR) is 102 cm³/mol. The van der Waals surface area contributed by atoms with Gasteiger partial charge in [0.15, 0.2) is 6.61 Å². The monoisotopic (exact) mass is 392 g/mol. The fourth-order valence-corrected chi connectivity index (χ4v) is 3.20. The summed E-state index contributed by atoms with van der Waals surface area (Å²) in [4.78, 5) is 16.0. The van der Waals surface area contributed by atoms with Crippen molar-refractivity contribution in [1.82, 2.24) is 4.90 Å². The standard InChI is InChI=1S/C21H23F3N2O2/c1-15-5-3-8-19(16(15)2)28-14-20(27)26-11-9-25(10-12-26)18-7-4-6-17(13-18)21(22,23)24/h3-8,13H,9-12,14H2,1-2H3. The lowest BCUT2D eigenvalue weighted by Crippen LogP contribution is -2.50. The second-order valence-corrected chi connectivity index (χ2v) is 6.90. The molecule has 1 amide bonds. The van der Waals surface area contributed by atoms with Gasteiger partial charge in [-0.1, -0.05) is 18.2 Å². The van der Waals surface area contributed by atoms with Crippen molar-refractivity contribution < 1.29 is 22.7 Å². The van der Waals surface area contributed by atoms with Crippen molar-refractivity contribution in [2.24, 2.45) is 0 Å². The Hall–Kier alpha value is -2.70. The third-order valence-electron chi connectivity index (χ3n) is 5.08. The number of hydrogen-bond donors (Lipinski definition) is 0. The molecule has 1 aliphatic rings. The first-order valence-electron chi connectivity index (χ1n) is 9.14. The van der Waals surface area contributed by atoms with Gasteiger partial charge in [-0.05, 0) is 49.2 Å². The molecule has 7 heteroatoms. The van der Waals surface area contributed by atoms with Crippen LogP contribution in [0.2, 0.25) is 0 Å². The van der Waals surface area contributed by atoms with Gasteiger partial charge in [-0.2, -0.15) is 13.2 Å². The lowest BCUT2D eigenvalue weighted by molar-refractivity contribution is -0.137. The molecule has 2 aromatic rings. The third kappa shape index (κ3) is 4.58. The number of nitrogens with zero attached hydrogens (tertiary/aromatic N) is 2. The molecule has 1 fully saturated rings. The summed E-state index contributed by atoms with van der Waals surface area (Å²) in [6, 6.07) is 11.0. The Morgan fingerprint density at radius 2 is 1.71 bits per heavy atom. The fraction of sp³-hybridized carbons (Fsp3) is 0.381. The fourth-order valence-electron chi connectivity index (χ4n) is 3.20. The van der Waals surface area contributed by atoms with Crippen LogP contribution in [-0.4, -0.2) is 43.6 Å². The van der Waals surface area contributed by atoms with E-state index in [9.17, 15) is 18.0 Å². The van der Waals surface area contributed by atoms with Gasteiger partial charge in [0, 0.05) is 31.9 Å². The van der Waals surface area contributed by atoms with Crippen LogP contribution in [-0.2, 0) is 11.0 Å². The molecule has 0 saturated carbocycles. The van der Waals surface area contributed by atoms with Crippen molar-refractivity contribution in [2.45, 2.75) is 20.0 Å². The predicted octanol–water partition coefficient (Wildman–Crippen LogP) is 4.05. The number of carbonyl (C=O) groups is 1. The van der Waals surface area contributed by atoms with Gasteiger partial charge in [-0.25, -0.2) is 0 Å². The molecule has 0 N–H and O–H groups in total. The van der Waals surface area contributed by atoms with E-state index in [4.69, 9.17) is 4.74 Å². The largest absolute Gasteiger partial charge is 0.483 e. The lowest BCUT2D eigenvalue weighted by Gasteiger charge is -2.36. The Kier molecular flexibility index (Phi) is 5.82. The van der Waals surface area contributed by atoms with Crippen molar-refractivity contribution >= 4 is 11.6 Å². The first kappa shape index (κ1) is 20.0. The summed E-state index contributed by atoms with van der Waals surface area (Å²) in [6.07, 6.45) is -4.36. The van der Waals surface area contributed by atoms with Crippen LogP contribution < -0.4 is 9.64 Å². The minimum atomic E-state index is -4.36. The molecule has 1 heterocycles. The Balaban J connectivity index is 1.55. The maximum atomic E-state index is 12.9. The molecule has 0 aromatic heterocycles. The Labute approximate surface area is 162 Å². The molecule has 1 saturated heterocycles. The van der Waals surface area contributed by atoms with Crippen molar-refractivity contribution in [3.05, 3.63) is 59.2 Å². The van der Waals surface area contributed by atoms with Gasteiger partial charge in [0.1, 0.15) is 5.75 Å². The number of rotatable bonds is 4. The average Bonchev–Trinajstić information content (AvgIpc) is 2.68. The number of alkyl halides is 3. The van der Waals surface area contributed by atoms with E-state index in [2.05, 4.69) is 0 Å². The number of piperazine rings is 1. The SMILES string of the molecule is Cc1cccc(OCC(=O)N2CCN(c3cccc(C(F)(F)F)c3)CC2)c1C. The zero-order valence-corrected chi connectivity index (χ0v) is 15.9. The maximum Gasteiger partial charge on any atom is 0.416 e. The van der Waals surface area contributed by atoms with Gasteiger partial charge in [0.05, 0.1) is 5.56 Å². The highest BCUT2D eigenvalue weighted by Gasteiger charge is 2.31. The van der Waals surface area contributed by atoms with Crippen LogP contribution in [0.4, 0.5) is 18.9 Å². The van der Waals surface area contributed by atoms with Crippen LogP contribution >= 0.6 is 0 Å². The van der Waals surface area contributed by atoms with Gasteiger partial charge in [0.25, 0.3) is 5.91 Å².